The van der Waals surface area contributed by atoms with E-state index in [1.807, 2.05) is 74.5 Å². The van der Waals surface area contributed by atoms with Crippen LogP contribution in [0.5, 0.6) is 0 Å². The van der Waals surface area contributed by atoms with Crippen LogP contribution in [0.4, 0.5) is 0 Å². The molecule has 3 N–H and O–H groups in total. The van der Waals surface area contributed by atoms with Crippen LogP contribution in [0.3, 0.4) is 0 Å². The summed E-state index contributed by atoms with van der Waals surface area (Å²) in [4.78, 5) is 24.5. The number of benzene rings is 2. The second-order valence-corrected chi connectivity index (χ2v) is 6.75. The Balaban J connectivity index is 1.99. The highest BCUT2D eigenvalue weighted by atomic mass is 16.3. The Kier molecular flexibility index (Phi) is 8.01. The largest absolute Gasteiger partial charge is 0.383 e. The van der Waals surface area contributed by atoms with E-state index in [1.54, 1.807) is 0 Å². The topological polar surface area (TPSA) is 78.4 Å². The molecule has 2 atom stereocenters. The van der Waals surface area contributed by atoms with E-state index in [1.165, 1.54) is 0 Å². The summed E-state index contributed by atoms with van der Waals surface area (Å²) < 4.78 is 0. The molecule has 2 amide bonds. The number of carbonyl (C=O) groups excluding carboxylic acids is 2. The van der Waals surface area contributed by atoms with Gasteiger partial charge in [0.05, 0.1) is 12.6 Å². The van der Waals surface area contributed by atoms with Crippen LogP contribution in [0.15, 0.2) is 60.7 Å². The molecule has 0 heterocycles. The van der Waals surface area contributed by atoms with Crippen LogP contribution in [-0.4, -0.2) is 29.6 Å². The predicted octanol–water partition coefficient (Wildman–Crippen LogP) is 2.81. The first kappa shape index (κ1) is 20.6. The maximum Gasteiger partial charge on any atom is 0.249 e. The molecule has 0 aliphatic rings. The van der Waals surface area contributed by atoms with Crippen molar-refractivity contribution in [2.24, 2.45) is 5.92 Å². The molecule has 5 heteroatoms. The molecule has 0 spiro atoms. The molecule has 2 rings (SSSR count). The maximum absolute atomic E-state index is 12.4. The lowest BCUT2D eigenvalue weighted by Gasteiger charge is -2.21. The molecule has 0 bridgehead atoms. The van der Waals surface area contributed by atoms with Gasteiger partial charge >= 0.3 is 0 Å². The first-order chi connectivity index (χ1) is 13.0. The van der Waals surface area contributed by atoms with Crippen molar-refractivity contribution in [1.82, 2.24) is 10.6 Å². The number of rotatable bonds is 9. The Hall–Kier alpha value is -2.66. The van der Waals surface area contributed by atoms with Gasteiger partial charge in [0.25, 0.3) is 0 Å². The van der Waals surface area contributed by atoms with E-state index in [2.05, 4.69) is 10.6 Å². The van der Waals surface area contributed by atoms with Crippen molar-refractivity contribution in [3.05, 3.63) is 71.8 Å². The fraction of sp³-hybridized carbons (Fsp3) is 0.364. The van der Waals surface area contributed by atoms with E-state index in [0.29, 0.717) is 0 Å². The average molecular weight is 368 g/mol. The van der Waals surface area contributed by atoms with Gasteiger partial charge < -0.3 is 15.7 Å². The van der Waals surface area contributed by atoms with Gasteiger partial charge in [0.2, 0.25) is 11.8 Å². The van der Waals surface area contributed by atoms with Crippen LogP contribution in [-0.2, 0) is 9.59 Å². The molecule has 0 aromatic heterocycles. The van der Waals surface area contributed by atoms with Crippen LogP contribution in [0.25, 0.3) is 0 Å². The smallest absolute Gasteiger partial charge is 0.249 e. The summed E-state index contributed by atoms with van der Waals surface area (Å²) >= 11 is 0. The maximum atomic E-state index is 12.4. The molecular formula is C22H28N2O3. The summed E-state index contributed by atoms with van der Waals surface area (Å²) in [7, 11) is 0. The van der Waals surface area contributed by atoms with Crippen molar-refractivity contribution >= 4 is 11.8 Å². The van der Waals surface area contributed by atoms with Crippen LogP contribution >= 0.6 is 0 Å². The van der Waals surface area contributed by atoms with Crippen LogP contribution in [0, 0.1) is 5.92 Å². The number of hydrogen-bond donors (Lipinski definition) is 3. The van der Waals surface area contributed by atoms with Crippen molar-refractivity contribution in [1.29, 1.82) is 0 Å². The van der Waals surface area contributed by atoms with E-state index in [4.69, 9.17) is 0 Å². The Labute approximate surface area is 160 Å². The van der Waals surface area contributed by atoms with Crippen molar-refractivity contribution < 1.29 is 14.7 Å². The van der Waals surface area contributed by atoms with E-state index in [-0.39, 0.29) is 24.4 Å². The van der Waals surface area contributed by atoms with E-state index in [9.17, 15) is 14.7 Å². The zero-order valence-electron chi connectivity index (χ0n) is 15.9. The number of aliphatic hydroxyl groups is 1. The second-order valence-electron chi connectivity index (χ2n) is 6.75. The first-order valence-corrected chi connectivity index (χ1v) is 9.38. The Morgan fingerprint density at radius 3 is 1.96 bits per heavy atom. The summed E-state index contributed by atoms with van der Waals surface area (Å²) in [5.41, 5.74) is 1.92. The van der Waals surface area contributed by atoms with Crippen molar-refractivity contribution in [3.8, 4) is 0 Å². The van der Waals surface area contributed by atoms with Gasteiger partial charge in [0.1, 0.15) is 6.10 Å². The van der Waals surface area contributed by atoms with Gasteiger partial charge in [-0.1, -0.05) is 80.9 Å². The minimum atomic E-state index is -1.10. The summed E-state index contributed by atoms with van der Waals surface area (Å²) in [5, 5.41) is 15.5. The van der Waals surface area contributed by atoms with E-state index >= 15 is 0 Å². The van der Waals surface area contributed by atoms with Crippen LogP contribution < -0.4 is 10.6 Å². The Bertz CT molecular complexity index is 679. The predicted molar refractivity (Wildman–Crippen MR) is 106 cm³/mol. The van der Waals surface area contributed by atoms with Crippen molar-refractivity contribution in [2.45, 2.75) is 38.8 Å². The lowest BCUT2D eigenvalue weighted by molar-refractivity contribution is -0.134. The zero-order chi connectivity index (χ0) is 19.6. The fourth-order valence-corrected chi connectivity index (χ4v) is 3.01. The van der Waals surface area contributed by atoms with Gasteiger partial charge in [0, 0.05) is 0 Å². The highest BCUT2D eigenvalue weighted by Crippen LogP contribution is 2.21. The third-order valence-electron chi connectivity index (χ3n) is 4.55. The SMILES string of the molecule is CCCC(C)C(O)C(=O)NCC(=O)NC(c1ccccc1)c1ccccc1. The minimum absolute atomic E-state index is 0.139. The Morgan fingerprint density at radius 1 is 0.963 bits per heavy atom. The molecule has 0 aliphatic carbocycles. The average Bonchev–Trinajstić information content (AvgIpc) is 2.71. The number of aliphatic hydroxyl groups excluding tert-OH is 1. The molecule has 2 aromatic carbocycles. The molecule has 2 aromatic rings. The molecule has 0 fully saturated rings. The molecule has 0 saturated heterocycles. The van der Waals surface area contributed by atoms with Crippen molar-refractivity contribution in [3.63, 3.8) is 0 Å². The molecule has 0 saturated carbocycles. The van der Waals surface area contributed by atoms with E-state index in [0.717, 1.165) is 24.0 Å². The quantitative estimate of drug-likeness (QED) is 0.637. The first-order valence-electron chi connectivity index (χ1n) is 9.38. The van der Waals surface area contributed by atoms with Gasteiger partial charge in [-0.2, -0.15) is 0 Å². The van der Waals surface area contributed by atoms with Crippen molar-refractivity contribution in [2.75, 3.05) is 6.54 Å². The van der Waals surface area contributed by atoms with Gasteiger partial charge in [0.15, 0.2) is 0 Å². The molecule has 144 valence electrons. The fourth-order valence-electron chi connectivity index (χ4n) is 3.01. The Morgan fingerprint density at radius 2 is 1.48 bits per heavy atom. The summed E-state index contributed by atoms with van der Waals surface area (Å²) in [6.45, 7) is 3.65. The minimum Gasteiger partial charge on any atom is -0.383 e. The lowest BCUT2D eigenvalue weighted by atomic mass is 9.98. The summed E-state index contributed by atoms with van der Waals surface area (Å²) in [6.07, 6.45) is 0.545. The van der Waals surface area contributed by atoms with Crippen LogP contribution in [0.1, 0.15) is 43.9 Å². The number of hydrogen-bond acceptors (Lipinski definition) is 3. The molecule has 2 unspecified atom stereocenters. The lowest BCUT2D eigenvalue weighted by Crippen LogP contribution is -2.44. The number of nitrogens with one attached hydrogen (secondary N) is 2. The third kappa shape index (κ3) is 6.22. The highest BCUT2D eigenvalue weighted by molar-refractivity contribution is 5.87. The highest BCUT2D eigenvalue weighted by Gasteiger charge is 2.23. The molecule has 0 radical (unpaired) electrons. The molecule has 27 heavy (non-hydrogen) atoms. The zero-order valence-corrected chi connectivity index (χ0v) is 15.9. The number of amides is 2. The molecular weight excluding hydrogens is 340 g/mol. The van der Waals surface area contributed by atoms with Gasteiger partial charge in [-0.3, -0.25) is 9.59 Å². The monoisotopic (exact) mass is 368 g/mol. The molecule has 5 nitrogen and oxygen atoms in total. The normalized spacial score (nSPS) is 13.0. The molecule has 0 aliphatic heterocycles. The standard InChI is InChI=1S/C22H28N2O3/c1-3-10-16(2)21(26)22(27)23-15-19(25)24-20(17-11-6-4-7-12-17)18-13-8-5-9-14-18/h4-9,11-14,16,20-21,26H,3,10,15H2,1-2H3,(H,23,27)(H,24,25). The van der Waals surface area contributed by atoms with E-state index < -0.39 is 12.0 Å². The third-order valence-corrected chi connectivity index (χ3v) is 4.55. The van der Waals surface area contributed by atoms with Gasteiger partial charge in [-0.25, -0.2) is 0 Å². The van der Waals surface area contributed by atoms with Crippen LogP contribution in [0.2, 0.25) is 0 Å². The number of carbonyl (C=O) groups is 2. The van der Waals surface area contributed by atoms with Gasteiger partial charge in [-0.05, 0) is 23.5 Å². The summed E-state index contributed by atoms with van der Waals surface area (Å²) in [6, 6.07) is 19.0. The second kappa shape index (κ2) is 10.5. The summed E-state index contributed by atoms with van der Waals surface area (Å²) in [5.74, 6) is -0.960. The van der Waals surface area contributed by atoms with Gasteiger partial charge in [-0.15, -0.1) is 0 Å².